The Kier molecular flexibility index (Phi) is 7.00. The van der Waals surface area contributed by atoms with E-state index in [9.17, 15) is 0 Å². The van der Waals surface area contributed by atoms with Crippen LogP contribution in [0, 0.1) is 11.8 Å². The maximum atomic E-state index is 5.57. The summed E-state index contributed by atoms with van der Waals surface area (Å²) in [6, 6.07) is 25.5. The second-order valence-electron chi connectivity index (χ2n) is 4.01. The van der Waals surface area contributed by atoms with Gasteiger partial charge in [-0.2, -0.15) is 42.2 Å². The summed E-state index contributed by atoms with van der Waals surface area (Å²) in [6.45, 7) is 0. The van der Waals surface area contributed by atoms with Crippen molar-refractivity contribution in [3.63, 3.8) is 0 Å². The molecular weight excluding hydrogens is 286 g/mol. The van der Waals surface area contributed by atoms with E-state index < -0.39 is 0 Å². The van der Waals surface area contributed by atoms with Crippen molar-refractivity contribution >= 4 is 5.69 Å². The Bertz CT molecular complexity index is 606. The van der Waals surface area contributed by atoms with Gasteiger partial charge in [0.25, 0.3) is 0 Å². The fourth-order valence-corrected chi connectivity index (χ4v) is 1.49. The van der Waals surface area contributed by atoms with E-state index in [0.29, 0.717) is 0 Å². The van der Waals surface area contributed by atoms with Crippen LogP contribution in [0.1, 0.15) is 11.1 Å². The topological polar surface area (TPSA) is 26.0 Å². The van der Waals surface area contributed by atoms with Gasteiger partial charge in [0.05, 0.1) is 0 Å². The molecule has 0 fully saturated rings. The van der Waals surface area contributed by atoms with Crippen LogP contribution < -0.4 is 5.73 Å². The van der Waals surface area contributed by atoms with E-state index in [-0.39, 0.29) is 17.1 Å². The maximum absolute atomic E-state index is 5.57. The molecule has 0 saturated heterocycles. The van der Waals surface area contributed by atoms with Crippen LogP contribution in [0.5, 0.6) is 0 Å². The van der Waals surface area contributed by atoms with Gasteiger partial charge in [0.15, 0.2) is 0 Å². The average molecular weight is 301 g/mol. The maximum Gasteiger partial charge on any atom is 2.00 e. The molecule has 0 saturated carbocycles. The summed E-state index contributed by atoms with van der Waals surface area (Å²) in [5, 5.41) is 0. The number of hydrogen-bond acceptors (Lipinski definition) is 1. The summed E-state index contributed by atoms with van der Waals surface area (Å²) in [5.41, 5.74) is 8.37. The minimum atomic E-state index is 0. The van der Waals surface area contributed by atoms with Crippen LogP contribution in [0.3, 0.4) is 0 Å². The van der Waals surface area contributed by atoms with E-state index in [0.717, 1.165) is 16.8 Å². The zero-order valence-electron chi connectivity index (χ0n) is 10.9. The van der Waals surface area contributed by atoms with E-state index in [1.54, 1.807) is 0 Å². The molecule has 0 bridgehead atoms. The third-order valence-corrected chi connectivity index (χ3v) is 2.48. The molecule has 0 spiro atoms. The van der Waals surface area contributed by atoms with E-state index in [1.165, 1.54) is 0 Å². The molecule has 0 aliphatic carbocycles. The predicted molar refractivity (Wildman–Crippen MR) is 80.9 cm³/mol. The minimum Gasteiger partial charge on any atom is -0.399 e. The zero-order valence-corrected chi connectivity index (χ0v) is 12.0. The fraction of sp³-hybridized carbons (Fsp3) is 0. The first kappa shape index (κ1) is 15.9. The summed E-state index contributed by atoms with van der Waals surface area (Å²) in [5.74, 6) is 6.14. The molecule has 20 heavy (non-hydrogen) atoms. The molecule has 3 rings (SSSR count). The van der Waals surface area contributed by atoms with Crippen LogP contribution in [-0.4, -0.2) is 0 Å². The Hall–Kier alpha value is -2.20. The van der Waals surface area contributed by atoms with Crippen molar-refractivity contribution in [2.24, 2.45) is 0 Å². The molecule has 3 aromatic rings. The Balaban J connectivity index is 0.000000283. The molecule has 0 radical (unpaired) electrons. The van der Waals surface area contributed by atoms with E-state index in [2.05, 4.69) is 11.8 Å². The van der Waals surface area contributed by atoms with E-state index >= 15 is 0 Å². The molecule has 0 aliphatic heterocycles. The summed E-state index contributed by atoms with van der Waals surface area (Å²) in [7, 11) is 0. The Morgan fingerprint density at radius 3 is 2.00 bits per heavy atom. The van der Waals surface area contributed by atoms with Gasteiger partial charge in [-0.15, -0.1) is 12.1 Å². The summed E-state index contributed by atoms with van der Waals surface area (Å²) >= 11 is 0. The van der Waals surface area contributed by atoms with Gasteiger partial charge in [0.1, 0.15) is 0 Å². The summed E-state index contributed by atoms with van der Waals surface area (Å²) in [6.07, 6.45) is 0. The SMILES string of the molecule is Nc1ccc(C#C[c-]2cccc2)cc1.[Fe+2].c1cc[cH-]c1. The number of anilines is 1. The molecule has 0 aliphatic rings. The number of nitrogens with two attached hydrogens (primary N) is 1. The van der Waals surface area contributed by atoms with Crippen LogP contribution in [0.2, 0.25) is 0 Å². The summed E-state index contributed by atoms with van der Waals surface area (Å²) in [4.78, 5) is 0. The van der Waals surface area contributed by atoms with Crippen molar-refractivity contribution in [2.75, 3.05) is 5.73 Å². The van der Waals surface area contributed by atoms with Crippen LogP contribution >= 0.6 is 0 Å². The van der Waals surface area contributed by atoms with Gasteiger partial charge in [-0.1, -0.05) is 17.7 Å². The van der Waals surface area contributed by atoms with E-state index in [4.69, 9.17) is 5.73 Å². The third kappa shape index (κ3) is 5.63. The number of hydrogen-bond donors (Lipinski definition) is 1. The molecule has 0 unspecified atom stereocenters. The molecule has 0 atom stereocenters. The largest absolute Gasteiger partial charge is 2.00 e. The van der Waals surface area contributed by atoms with Gasteiger partial charge in [0, 0.05) is 5.69 Å². The van der Waals surface area contributed by atoms with Gasteiger partial charge < -0.3 is 5.73 Å². The van der Waals surface area contributed by atoms with Gasteiger partial charge in [-0.05, 0) is 17.7 Å². The fourth-order valence-electron chi connectivity index (χ4n) is 1.49. The Labute approximate surface area is 130 Å². The monoisotopic (exact) mass is 301 g/mol. The van der Waals surface area contributed by atoms with Crippen molar-refractivity contribution in [2.45, 2.75) is 0 Å². The molecule has 0 heterocycles. The van der Waals surface area contributed by atoms with Crippen molar-refractivity contribution < 1.29 is 17.1 Å². The van der Waals surface area contributed by atoms with Crippen molar-refractivity contribution in [3.05, 3.63) is 90.0 Å². The number of nitrogen functional groups attached to an aromatic ring is 1. The standard InChI is InChI=1S/C13H10N.C5H5.Fe/c14-13-9-7-12(8-10-13)6-5-11-3-1-2-4-11;1-2-4-5-3-1;/h1-4,7-10H,14H2;1-5H;/q2*-1;+2. The predicted octanol–water partition coefficient (Wildman–Crippen LogP) is 3.79. The second-order valence-corrected chi connectivity index (χ2v) is 4.01. The quantitative estimate of drug-likeness (QED) is 0.291. The van der Waals surface area contributed by atoms with Crippen LogP contribution in [-0.2, 0) is 17.1 Å². The molecule has 2 N–H and O–H groups in total. The summed E-state index contributed by atoms with van der Waals surface area (Å²) < 4.78 is 0. The van der Waals surface area contributed by atoms with E-state index in [1.807, 2.05) is 78.9 Å². The zero-order chi connectivity index (χ0) is 13.3. The Morgan fingerprint density at radius 1 is 0.900 bits per heavy atom. The van der Waals surface area contributed by atoms with Crippen LogP contribution in [0.4, 0.5) is 5.69 Å². The van der Waals surface area contributed by atoms with Gasteiger partial charge >= 0.3 is 17.1 Å². The normalized spacial score (nSPS) is 8.40. The van der Waals surface area contributed by atoms with Crippen molar-refractivity contribution in [1.82, 2.24) is 0 Å². The molecule has 2 heteroatoms. The molecule has 3 aromatic carbocycles. The van der Waals surface area contributed by atoms with Crippen LogP contribution in [0.25, 0.3) is 0 Å². The Morgan fingerprint density at radius 2 is 1.50 bits per heavy atom. The molecule has 0 aromatic heterocycles. The molecule has 1 nitrogen and oxygen atoms in total. The number of rotatable bonds is 0. The third-order valence-electron chi connectivity index (χ3n) is 2.48. The number of benzene rings is 1. The smallest absolute Gasteiger partial charge is 0.399 e. The van der Waals surface area contributed by atoms with Crippen molar-refractivity contribution in [1.29, 1.82) is 0 Å². The first-order chi connectivity index (χ1) is 9.34. The van der Waals surface area contributed by atoms with Gasteiger partial charge in [-0.3, -0.25) is 0 Å². The van der Waals surface area contributed by atoms with Crippen molar-refractivity contribution in [3.8, 4) is 11.8 Å². The van der Waals surface area contributed by atoms with Gasteiger partial charge in [0.2, 0.25) is 0 Å². The minimum absolute atomic E-state index is 0. The van der Waals surface area contributed by atoms with Crippen LogP contribution in [0.15, 0.2) is 78.9 Å². The second kappa shape index (κ2) is 8.82. The molecular formula is C18H15FeN. The average Bonchev–Trinajstić information content (AvgIpc) is 3.14. The molecule has 0 amide bonds. The van der Waals surface area contributed by atoms with Gasteiger partial charge in [-0.25, -0.2) is 12.1 Å². The first-order valence-corrected chi connectivity index (χ1v) is 6.10. The first-order valence-electron chi connectivity index (χ1n) is 6.10. The molecule has 100 valence electrons.